The van der Waals surface area contributed by atoms with Crippen molar-refractivity contribution >= 4 is 0 Å². The lowest BCUT2D eigenvalue weighted by atomic mass is 10.0. The molecule has 0 radical (unpaired) electrons. The van der Waals surface area contributed by atoms with Crippen LogP contribution in [0.4, 0.5) is 0 Å². The average Bonchev–Trinajstić information content (AvgIpc) is 2.21. The van der Waals surface area contributed by atoms with Gasteiger partial charge >= 0.3 is 0 Å². The van der Waals surface area contributed by atoms with Crippen molar-refractivity contribution in [2.75, 3.05) is 13.7 Å². The summed E-state index contributed by atoms with van der Waals surface area (Å²) in [5.41, 5.74) is 3.85. The smallest absolute Gasteiger partial charge is 0.122 e. The van der Waals surface area contributed by atoms with Crippen LogP contribution in [0.5, 0.6) is 5.75 Å². The van der Waals surface area contributed by atoms with Gasteiger partial charge in [-0.1, -0.05) is 19.9 Å². The third kappa shape index (κ3) is 3.53. The Hall–Kier alpha value is -1.02. The van der Waals surface area contributed by atoms with E-state index in [0.29, 0.717) is 5.92 Å². The summed E-state index contributed by atoms with van der Waals surface area (Å²) in [6, 6.07) is 4.35. The minimum Gasteiger partial charge on any atom is -0.493 e. The lowest BCUT2D eigenvalue weighted by molar-refractivity contribution is 0.269. The van der Waals surface area contributed by atoms with Gasteiger partial charge in [0.15, 0.2) is 0 Å². The van der Waals surface area contributed by atoms with E-state index in [1.54, 1.807) is 0 Å². The molecule has 0 saturated carbocycles. The van der Waals surface area contributed by atoms with Crippen LogP contribution in [0.3, 0.4) is 0 Å². The molecule has 0 atom stereocenters. The first-order chi connectivity index (χ1) is 7.54. The standard InChI is InChI=1S/C14H23NO/c1-10(2)9-16-14-7-11(3)13(8-15-5)6-12(14)4/h6-7,10,15H,8-9H2,1-5H3. The highest BCUT2D eigenvalue weighted by molar-refractivity contribution is 5.41. The Bertz CT molecular complexity index is 345. The quantitative estimate of drug-likeness (QED) is 0.825. The first kappa shape index (κ1) is 13.0. The van der Waals surface area contributed by atoms with Crippen molar-refractivity contribution in [1.82, 2.24) is 5.32 Å². The van der Waals surface area contributed by atoms with Crippen molar-refractivity contribution in [1.29, 1.82) is 0 Å². The normalized spacial score (nSPS) is 10.9. The van der Waals surface area contributed by atoms with E-state index in [1.165, 1.54) is 16.7 Å². The maximum atomic E-state index is 5.79. The molecule has 0 saturated heterocycles. The second-order valence-corrected chi connectivity index (χ2v) is 4.78. The summed E-state index contributed by atoms with van der Waals surface area (Å²) < 4.78 is 5.79. The topological polar surface area (TPSA) is 21.3 Å². The zero-order valence-electron chi connectivity index (χ0n) is 11.1. The third-order valence-electron chi connectivity index (χ3n) is 2.57. The van der Waals surface area contributed by atoms with E-state index in [1.807, 2.05) is 7.05 Å². The molecular weight excluding hydrogens is 198 g/mol. The van der Waals surface area contributed by atoms with Crippen molar-refractivity contribution in [2.45, 2.75) is 34.2 Å². The molecule has 0 aliphatic carbocycles. The molecule has 0 amide bonds. The highest BCUT2D eigenvalue weighted by atomic mass is 16.5. The fraction of sp³-hybridized carbons (Fsp3) is 0.571. The number of hydrogen-bond acceptors (Lipinski definition) is 2. The fourth-order valence-electron chi connectivity index (χ4n) is 1.64. The lowest BCUT2D eigenvalue weighted by Crippen LogP contribution is -2.09. The van der Waals surface area contributed by atoms with Crippen molar-refractivity contribution in [3.05, 3.63) is 28.8 Å². The van der Waals surface area contributed by atoms with Gasteiger partial charge in [0.2, 0.25) is 0 Å². The van der Waals surface area contributed by atoms with Gasteiger partial charge in [0, 0.05) is 6.54 Å². The minimum absolute atomic E-state index is 0.566. The van der Waals surface area contributed by atoms with Crippen LogP contribution in [0, 0.1) is 19.8 Å². The molecule has 0 aliphatic rings. The Morgan fingerprint density at radius 2 is 1.88 bits per heavy atom. The fourth-order valence-corrected chi connectivity index (χ4v) is 1.64. The summed E-state index contributed by atoms with van der Waals surface area (Å²) in [7, 11) is 1.97. The first-order valence-electron chi connectivity index (χ1n) is 5.92. The van der Waals surface area contributed by atoms with Gasteiger partial charge in [-0.25, -0.2) is 0 Å². The predicted octanol–water partition coefficient (Wildman–Crippen LogP) is 3.06. The van der Waals surface area contributed by atoms with E-state index in [2.05, 4.69) is 45.1 Å². The van der Waals surface area contributed by atoms with E-state index in [0.717, 1.165) is 18.9 Å². The molecule has 1 N–H and O–H groups in total. The van der Waals surface area contributed by atoms with Gasteiger partial charge in [-0.2, -0.15) is 0 Å². The zero-order valence-corrected chi connectivity index (χ0v) is 11.1. The van der Waals surface area contributed by atoms with Gasteiger partial charge in [0.25, 0.3) is 0 Å². The minimum atomic E-state index is 0.566. The van der Waals surface area contributed by atoms with E-state index in [-0.39, 0.29) is 0 Å². The van der Waals surface area contributed by atoms with Crippen molar-refractivity contribution in [2.24, 2.45) is 5.92 Å². The van der Waals surface area contributed by atoms with Crippen LogP contribution in [-0.4, -0.2) is 13.7 Å². The predicted molar refractivity (Wildman–Crippen MR) is 69.0 cm³/mol. The van der Waals surface area contributed by atoms with Crippen molar-refractivity contribution < 1.29 is 4.74 Å². The molecule has 2 heteroatoms. The van der Waals surface area contributed by atoms with Gasteiger partial charge in [0.05, 0.1) is 6.61 Å². The van der Waals surface area contributed by atoms with E-state index < -0.39 is 0 Å². The molecule has 1 aromatic carbocycles. The maximum absolute atomic E-state index is 5.79. The summed E-state index contributed by atoms with van der Waals surface area (Å²) in [5.74, 6) is 1.59. The summed E-state index contributed by atoms with van der Waals surface area (Å²) in [6.07, 6.45) is 0. The Morgan fingerprint density at radius 1 is 1.19 bits per heavy atom. The van der Waals surface area contributed by atoms with Crippen LogP contribution < -0.4 is 10.1 Å². The van der Waals surface area contributed by atoms with Gasteiger partial charge in [-0.15, -0.1) is 0 Å². The van der Waals surface area contributed by atoms with E-state index >= 15 is 0 Å². The summed E-state index contributed by atoms with van der Waals surface area (Å²) in [4.78, 5) is 0. The van der Waals surface area contributed by atoms with Gasteiger partial charge in [-0.3, -0.25) is 0 Å². The molecule has 0 heterocycles. The average molecular weight is 221 g/mol. The Kier molecular flexibility index (Phi) is 4.81. The maximum Gasteiger partial charge on any atom is 0.122 e. The van der Waals surface area contributed by atoms with Crippen molar-refractivity contribution in [3.8, 4) is 5.75 Å². The molecule has 1 aromatic rings. The molecule has 0 spiro atoms. The van der Waals surface area contributed by atoms with Gasteiger partial charge in [-0.05, 0) is 49.6 Å². The molecular formula is C14H23NO. The van der Waals surface area contributed by atoms with Crippen LogP contribution in [0.25, 0.3) is 0 Å². The molecule has 0 fully saturated rings. The number of nitrogens with one attached hydrogen (secondary N) is 1. The molecule has 16 heavy (non-hydrogen) atoms. The van der Waals surface area contributed by atoms with Crippen LogP contribution in [0.15, 0.2) is 12.1 Å². The van der Waals surface area contributed by atoms with E-state index in [4.69, 9.17) is 4.74 Å². The number of rotatable bonds is 5. The first-order valence-corrected chi connectivity index (χ1v) is 5.92. The Balaban J connectivity index is 2.83. The molecule has 0 bridgehead atoms. The van der Waals surface area contributed by atoms with Gasteiger partial charge < -0.3 is 10.1 Å². The molecule has 90 valence electrons. The van der Waals surface area contributed by atoms with Crippen LogP contribution in [0.1, 0.15) is 30.5 Å². The summed E-state index contributed by atoms with van der Waals surface area (Å²) in [5, 5.41) is 3.18. The van der Waals surface area contributed by atoms with Crippen LogP contribution >= 0.6 is 0 Å². The monoisotopic (exact) mass is 221 g/mol. The summed E-state index contributed by atoms with van der Waals surface area (Å²) in [6.45, 7) is 10.3. The molecule has 0 unspecified atom stereocenters. The SMILES string of the molecule is CNCc1cc(C)c(OCC(C)C)cc1C. The highest BCUT2D eigenvalue weighted by Crippen LogP contribution is 2.23. The largest absolute Gasteiger partial charge is 0.493 e. The molecule has 2 nitrogen and oxygen atoms in total. The second-order valence-electron chi connectivity index (χ2n) is 4.78. The highest BCUT2D eigenvalue weighted by Gasteiger charge is 2.05. The number of aryl methyl sites for hydroxylation is 2. The van der Waals surface area contributed by atoms with Crippen LogP contribution in [0.2, 0.25) is 0 Å². The second kappa shape index (κ2) is 5.90. The molecule has 0 aromatic heterocycles. The number of hydrogen-bond donors (Lipinski definition) is 1. The molecule has 1 rings (SSSR count). The zero-order chi connectivity index (χ0) is 12.1. The lowest BCUT2D eigenvalue weighted by Gasteiger charge is -2.14. The van der Waals surface area contributed by atoms with Crippen molar-refractivity contribution in [3.63, 3.8) is 0 Å². The number of benzene rings is 1. The Labute approximate surface area is 99.0 Å². The third-order valence-corrected chi connectivity index (χ3v) is 2.57. The molecule has 0 aliphatic heterocycles. The summed E-state index contributed by atoms with van der Waals surface area (Å²) >= 11 is 0. The van der Waals surface area contributed by atoms with Crippen LogP contribution in [-0.2, 0) is 6.54 Å². The van der Waals surface area contributed by atoms with Gasteiger partial charge in [0.1, 0.15) is 5.75 Å². The number of ether oxygens (including phenoxy) is 1. The Morgan fingerprint density at radius 3 is 2.44 bits per heavy atom. The van der Waals surface area contributed by atoms with E-state index in [9.17, 15) is 0 Å².